The molecule has 0 spiro atoms. The molecule has 3 rings (SSSR count). The summed E-state index contributed by atoms with van der Waals surface area (Å²) in [5, 5.41) is 4.49. The van der Waals surface area contributed by atoms with Crippen LogP contribution in [0.5, 0.6) is 0 Å². The Hall–Kier alpha value is -1.70. The standard InChI is InChI=1S/C19H28N4O2S/c1-15-11-17(3)22(21-15)14-19-9-6-8-18(12-19)13-20-26(24,25)23-10-5-4-7-16(23)2/h6,8-9,11-12,16,20H,4-5,7,10,13-14H2,1-3H3/t16-/m1/s1. The van der Waals surface area contributed by atoms with E-state index >= 15 is 0 Å². The summed E-state index contributed by atoms with van der Waals surface area (Å²) >= 11 is 0. The van der Waals surface area contributed by atoms with Crippen molar-refractivity contribution in [3.63, 3.8) is 0 Å². The lowest BCUT2D eigenvalue weighted by Gasteiger charge is -2.32. The third-order valence-electron chi connectivity index (χ3n) is 4.94. The number of benzene rings is 1. The van der Waals surface area contributed by atoms with E-state index in [1.165, 1.54) is 0 Å². The Morgan fingerprint density at radius 2 is 1.96 bits per heavy atom. The molecule has 1 aromatic carbocycles. The summed E-state index contributed by atoms with van der Waals surface area (Å²) in [5.41, 5.74) is 4.19. The molecule has 1 aromatic heterocycles. The zero-order valence-corrected chi connectivity index (χ0v) is 16.6. The van der Waals surface area contributed by atoms with Gasteiger partial charge in [0.25, 0.3) is 10.2 Å². The minimum absolute atomic E-state index is 0.0682. The Morgan fingerprint density at radius 1 is 1.19 bits per heavy atom. The second-order valence-electron chi connectivity index (χ2n) is 7.19. The SMILES string of the molecule is Cc1cc(C)n(Cc2cccc(CNS(=O)(=O)N3CCCC[C@H]3C)c2)n1. The van der Waals surface area contributed by atoms with E-state index in [9.17, 15) is 8.42 Å². The number of rotatable bonds is 6. The molecule has 0 saturated carbocycles. The van der Waals surface area contributed by atoms with E-state index in [0.29, 0.717) is 19.6 Å². The fourth-order valence-corrected chi connectivity index (χ4v) is 5.00. The topological polar surface area (TPSA) is 67.2 Å². The summed E-state index contributed by atoms with van der Waals surface area (Å²) in [7, 11) is -3.44. The van der Waals surface area contributed by atoms with Crippen molar-refractivity contribution in [1.29, 1.82) is 0 Å². The Bertz CT molecular complexity index is 860. The first-order valence-electron chi connectivity index (χ1n) is 9.20. The first-order valence-corrected chi connectivity index (χ1v) is 10.6. The number of aromatic nitrogens is 2. The fourth-order valence-electron chi connectivity index (χ4n) is 3.53. The van der Waals surface area contributed by atoms with Crippen LogP contribution in [-0.2, 0) is 23.3 Å². The maximum atomic E-state index is 12.6. The molecule has 0 aliphatic carbocycles. The molecule has 1 N–H and O–H groups in total. The molecule has 26 heavy (non-hydrogen) atoms. The monoisotopic (exact) mass is 376 g/mol. The molecule has 1 aliphatic rings. The van der Waals surface area contributed by atoms with Crippen LogP contribution < -0.4 is 4.72 Å². The molecule has 0 radical (unpaired) electrons. The summed E-state index contributed by atoms with van der Waals surface area (Å²) in [6.45, 7) is 7.59. The molecule has 0 unspecified atom stereocenters. The minimum atomic E-state index is -3.44. The molecule has 0 amide bonds. The molecule has 0 bridgehead atoms. The predicted molar refractivity (Wildman–Crippen MR) is 103 cm³/mol. The molecule has 1 fully saturated rings. The van der Waals surface area contributed by atoms with Crippen molar-refractivity contribution in [3.05, 3.63) is 52.8 Å². The highest BCUT2D eigenvalue weighted by Gasteiger charge is 2.28. The summed E-state index contributed by atoms with van der Waals surface area (Å²) in [6.07, 6.45) is 2.96. The van der Waals surface area contributed by atoms with Gasteiger partial charge in [0.15, 0.2) is 0 Å². The average molecular weight is 377 g/mol. The van der Waals surface area contributed by atoms with Gasteiger partial charge in [-0.2, -0.15) is 22.5 Å². The fraction of sp³-hybridized carbons (Fsp3) is 0.526. The highest BCUT2D eigenvalue weighted by atomic mass is 32.2. The number of piperidine rings is 1. The highest BCUT2D eigenvalue weighted by Crippen LogP contribution is 2.19. The summed E-state index contributed by atoms with van der Waals surface area (Å²) in [5.74, 6) is 0. The number of nitrogens with zero attached hydrogens (tertiary/aromatic N) is 3. The van der Waals surface area contributed by atoms with Gasteiger partial charge in [0.1, 0.15) is 0 Å². The smallest absolute Gasteiger partial charge is 0.265 e. The van der Waals surface area contributed by atoms with Crippen molar-refractivity contribution in [2.45, 2.75) is 59.2 Å². The molecule has 7 heteroatoms. The lowest BCUT2D eigenvalue weighted by molar-refractivity contribution is 0.265. The third kappa shape index (κ3) is 4.52. The zero-order valence-electron chi connectivity index (χ0n) is 15.8. The highest BCUT2D eigenvalue weighted by molar-refractivity contribution is 7.87. The maximum absolute atomic E-state index is 12.6. The number of hydrogen-bond donors (Lipinski definition) is 1. The van der Waals surface area contributed by atoms with Gasteiger partial charge >= 0.3 is 0 Å². The number of hydrogen-bond acceptors (Lipinski definition) is 3. The minimum Gasteiger partial charge on any atom is -0.265 e. The molecule has 6 nitrogen and oxygen atoms in total. The lowest BCUT2D eigenvalue weighted by Crippen LogP contribution is -2.47. The molecule has 2 aromatic rings. The van der Waals surface area contributed by atoms with E-state index in [0.717, 1.165) is 41.8 Å². The number of aryl methyl sites for hydroxylation is 2. The summed E-state index contributed by atoms with van der Waals surface area (Å²) < 4.78 is 31.5. The molecule has 142 valence electrons. The molecule has 1 saturated heterocycles. The Kier molecular flexibility index (Phi) is 5.79. The van der Waals surface area contributed by atoms with Crippen LogP contribution in [0.4, 0.5) is 0 Å². The van der Waals surface area contributed by atoms with Crippen molar-refractivity contribution >= 4 is 10.2 Å². The normalized spacial score (nSPS) is 19.0. The van der Waals surface area contributed by atoms with E-state index in [1.807, 2.05) is 49.7 Å². The second kappa shape index (κ2) is 7.90. The van der Waals surface area contributed by atoms with Crippen LogP contribution in [-0.4, -0.2) is 35.1 Å². The lowest BCUT2D eigenvalue weighted by atomic mass is 10.1. The van der Waals surface area contributed by atoms with E-state index in [2.05, 4.69) is 15.9 Å². The van der Waals surface area contributed by atoms with Gasteiger partial charge in [0.05, 0.1) is 12.2 Å². The molecule has 1 aliphatic heterocycles. The van der Waals surface area contributed by atoms with Crippen LogP contribution in [0.1, 0.15) is 48.7 Å². The van der Waals surface area contributed by atoms with Gasteiger partial charge in [0.2, 0.25) is 0 Å². The largest absolute Gasteiger partial charge is 0.279 e. The van der Waals surface area contributed by atoms with Crippen LogP contribution in [0.3, 0.4) is 0 Å². The van der Waals surface area contributed by atoms with Gasteiger partial charge in [-0.3, -0.25) is 4.68 Å². The van der Waals surface area contributed by atoms with Gasteiger partial charge in [-0.15, -0.1) is 0 Å². The maximum Gasteiger partial charge on any atom is 0.279 e. The van der Waals surface area contributed by atoms with Crippen LogP contribution in [0.25, 0.3) is 0 Å². The second-order valence-corrected chi connectivity index (χ2v) is 8.89. The van der Waals surface area contributed by atoms with Crippen molar-refractivity contribution < 1.29 is 8.42 Å². The van der Waals surface area contributed by atoms with Crippen LogP contribution in [0, 0.1) is 13.8 Å². The molecule has 1 atom stereocenters. The molecule has 2 heterocycles. The van der Waals surface area contributed by atoms with E-state index in [-0.39, 0.29) is 6.04 Å². The van der Waals surface area contributed by atoms with Gasteiger partial charge in [-0.1, -0.05) is 30.7 Å². The Balaban J connectivity index is 1.66. The Morgan fingerprint density at radius 3 is 2.65 bits per heavy atom. The van der Waals surface area contributed by atoms with Gasteiger partial charge in [-0.05, 0) is 50.8 Å². The molecular formula is C19H28N4O2S. The zero-order chi connectivity index (χ0) is 18.7. The first-order chi connectivity index (χ1) is 12.3. The predicted octanol–water partition coefficient (Wildman–Crippen LogP) is 2.76. The van der Waals surface area contributed by atoms with Gasteiger partial charge < -0.3 is 0 Å². The summed E-state index contributed by atoms with van der Waals surface area (Å²) in [6, 6.07) is 10.1. The van der Waals surface area contributed by atoms with Crippen LogP contribution in [0.15, 0.2) is 30.3 Å². The van der Waals surface area contributed by atoms with Crippen molar-refractivity contribution in [1.82, 2.24) is 18.8 Å². The van der Waals surface area contributed by atoms with E-state index < -0.39 is 10.2 Å². The molecular weight excluding hydrogens is 348 g/mol. The van der Waals surface area contributed by atoms with Crippen molar-refractivity contribution in [3.8, 4) is 0 Å². The Labute approximate surface area is 156 Å². The van der Waals surface area contributed by atoms with Gasteiger partial charge in [0, 0.05) is 24.8 Å². The quantitative estimate of drug-likeness (QED) is 0.843. The van der Waals surface area contributed by atoms with Crippen molar-refractivity contribution in [2.24, 2.45) is 0 Å². The van der Waals surface area contributed by atoms with Crippen molar-refractivity contribution in [2.75, 3.05) is 6.54 Å². The summed E-state index contributed by atoms with van der Waals surface area (Å²) in [4.78, 5) is 0. The van der Waals surface area contributed by atoms with Crippen LogP contribution >= 0.6 is 0 Å². The number of nitrogens with one attached hydrogen (secondary N) is 1. The average Bonchev–Trinajstić information content (AvgIpc) is 2.91. The van der Waals surface area contributed by atoms with Gasteiger partial charge in [-0.25, -0.2) is 0 Å². The van der Waals surface area contributed by atoms with Crippen LogP contribution in [0.2, 0.25) is 0 Å². The van der Waals surface area contributed by atoms with E-state index in [4.69, 9.17) is 0 Å². The third-order valence-corrected chi connectivity index (χ3v) is 6.61. The first kappa shape index (κ1) is 19.1. The van der Waals surface area contributed by atoms with E-state index in [1.54, 1.807) is 4.31 Å².